The smallest absolute Gasteiger partial charge is 0.328 e. The maximum Gasteiger partial charge on any atom is 0.328 e. The lowest BCUT2D eigenvalue weighted by Crippen LogP contribution is -2.48. The van der Waals surface area contributed by atoms with Crippen LogP contribution in [0.3, 0.4) is 0 Å². The van der Waals surface area contributed by atoms with E-state index < -0.39 is 17.6 Å². The van der Waals surface area contributed by atoms with Crippen LogP contribution in [-0.2, 0) is 9.53 Å². The molecule has 0 aromatic carbocycles. The third-order valence-corrected chi connectivity index (χ3v) is 2.80. The van der Waals surface area contributed by atoms with Crippen molar-refractivity contribution in [3.05, 3.63) is 0 Å². The first-order chi connectivity index (χ1) is 8.28. The van der Waals surface area contributed by atoms with Gasteiger partial charge in [-0.15, -0.1) is 0 Å². The summed E-state index contributed by atoms with van der Waals surface area (Å²) in [6, 6.07) is -0.679. The van der Waals surface area contributed by atoms with Crippen molar-refractivity contribution in [1.82, 2.24) is 10.6 Å². The molecule has 0 aliphatic heterocycles. The molecule has 2 amide bonds. The second-order valence-corrected chi connectivity index (χ2v) is 5.85. The zero-order valence-electron chi connectivity index (χ0n) is 11.7. The predicted octanol–water partition coefficient (Wildman–Crippen LogP) is 1.96. The second-order valence-electron chi connectivity index (χ2n) is 5.85. The minimum Gasteiger partial charge on any atom is -0.458 e. The quantitative estimate of drug-likeness (QED) is 0.758. The van der Waals surface area contributed by atoms with Gasteiger partial charge in [0.2, 0.25) is 0 Å². The third kappa shape index (κ3) is 5.38. The van der Waals surface area contributed by atoms with Crippen LogP contribution in [0.25, 0.3) is 0 Å². The zero-order chi connectivity index (χ0) is 13.8. The van der Waals surface area contributed by atoms with Crippen molar-refractivity contribution in [1.29, 1.82) is 0 Å². The molecule has 5 nitrogen and oxygen atoms in total. The number of ether oxygens (including phenoxy) is 1. The highest BCUT2D eigenvalue weighted by molar-refractivity contribution is 5.83. The van der Waals surface area contributed by atoms with E-state index in [4.69, 9.17) is 4.74 Å². The summed E-state index contributed by atoms with van der Waals surface area (Å²) in [5.74, 6) is -0.413. The molecule has 0 unspecified atom stereocenters. The van der Waals surface area contributed by atoms with Gasteiger partial charge in [0.05, 0.1) is 0 Å². The minimum atomic E-state index is -0.634. The number of rotatable bonds is 3. The van der Waals surface area contributed by atoms with Gasteiger partial charge in [0.15, 0.2) is 0 Å². The maximum absolute atomic E-state index is 11.7. The van der Waals surface area contributed by atoms with Gasteiger partial charge < -0.3 is 15.4 Å². The zero-order valence-corrected chi connectivity index (χ0v) is 11.7. The predicted molar refractivity (Wildman–Crippen MR) is 69.2 cm³/mol. The van der Waals surface area contributed by atoms with E-state index in [1.165, 1.54) is 0 Å². The Bertz CT molecular complexity index is 304. The first-order valence-corrected chi connectivity index (χ1v) is 6.58. The molecule has 1 atom stereocenters. The lowest BCUT2D eigenvalue weighted by Gasteiger charge is -2.23. The molecular weight excluding hydrogens is 232 g/mol. The molecule has 1 aliphatic carbocycles. The van der Waals surface area contributed by atoms with Gasteiger partial charge in [-0.3, -0.25) is 0 Å². The molecule has 18 heavy (non-hydrogen) atoms. The van der Waals surface area contributed by atoms with Gasteiger partial charge in [-0.05, 0) is 40.5 Å². The highest BCUT2D eigenvalue weighted by Crippen LogP contribution is 2.17. The van der Waals surface area contributed by atoms with E-state index in [-0.39, 0.29) is 12.1 Å². The van der Waals surface area contributed by atoms with Gasteiger partial charge >= 0.3 is 12.0 Å². The Morgan fingerprint density at radius 2 is 1.78 bits per heavy atom. The first-order valence-electron chi connectivity index (χ1n) is 6.58. The van der Waals surface area contributed by atoms with Gasteiger partial charge in [-0.1, -0.05) is 12.8 Å². The van der Waals surface area contributed by atoms with Gasteiger partial charge in [-0.2, -0.15) is 0 Å². The molecule has 1 rings (SSSR count). The number of hydrogen-bond donors (Lipinski definition) is 2. The van der Waals surface area contributed by atoms with E-state index >= 15 is 0 Å². The number of amides is 2. The Balaban J connectivity index is 2.31. The maximum atomic E-state index is 11.7. The summed E-state index contributed by atoms with van der Waals surface area (Å²) in [7, 11) is 0. The summed E-state index contributed by atoms with van der Waals surface area (Å²) < 4.78 is 5.19. The van der Waals surface area contributed by atoms with Gasteiger partial charge in [0.1, 0.15) is 11.6 Å². The van der Waals surface area contributed by atoms with Crippen LogP contribution in [0.1, 0.15) is 53.4 Å². The minimum absolute atomic E-state index is 0.246. The van der Waals surface area contributed by atoms with E-state index in [0.717, 1.165) is 25.7 Å². The summed E-state index contributed by atoms with van der Waals surface area (Å²) in [5.41, 5.74) is -0.533. The lowest BCUT2D eigenvalue weighted by molar-refractivity contribution is -0.156. The fraction of sp³-hybridized carbons (Fsp3) is 0.846. The van der Waals surface area contributed by atoms with Crippen molar-refractivity contribution >= 4 is 12.0 Å². The number of carbonyl (C=O) groups is 2. The molecule has 0 bridgehead atoms. The summed E-state index contributed by atoms with van der Waals surface area (Å²) in [6.07, 6.45) is 4.36. The molecule has 104 valence electrons. The lowest BCUT2D eigenvalue weighted by atomic mass is 10.2. The number of urea groups is 1. The fourth-order valence-corrected chi connectivity index (χ4v) is 1.94. The summed E-state index contributed by atoms with van der Waals surface area (Å²) in [6.45, 7) is 7.03. The number of nitrogens with one attached hydrogen (secondary N) is 2. The van der Waals surface area contributed by atoms with Crippen molar-refractivity contribution in [2.75, 3.05) is 0 Å². The molecule has 0 aromatic heterocycles. The van der Waals surface area contributed by atoms with Gasteiger partial charge in [-0.25, -0.2) is 9.59 Å². The van der Waals surface area contributed by atoms with Crippen LogP contribution >= 0.6 is 0 Å². The molecule has 1 fully saturated rings. The Morgan fingerprint density at radius 1 is 1.22 bits per heavy atom. The van der Waals surface area contributed by atoms with Crippen molar-refractivity contribution < 1.29 is 14.3 Å². The molecule has 0 heterocycles. The highest BCUT2D eigenvalue weighted by Gasteiger charge is 2.24. The monoisotopic (exact) mass is 256 g/mol. The largest absolute Gasteiger partial charge is 0.458 e. The Morgan fingerprint density at radius 3 is 2.28 bits per heavy atom. The molecule has 0 radical (unpaired) electrons. The number of carbonyl (C=O) groups excluding carboxylic acids is 2. The van der Waals surface area contributed by atoms with Crippen LogP contribution in [0.15, 0.2) is 0 Å². The van der Waals surface area contributed by atoms with Crippen molar-refractivity contribution in [2.24, 2.45) is 0 Å². The number of esters is 1. The summed E-state index contributed by atoms with van der Waals surface area (Å²) in [5, 5.41) is 5.47. The van der Waals surface area contributed by atoms with Crippen molar-refractivity contribution in [2.45, 2.75) is 71.1 Å². The average Bonchev–Trinajstić information content (AvgIpc) is 2.67. The molecule has 2 N–H and O–H groups in total. The highest BCUT2D eigenvalue weighted by atomic mass is 16.6. The number of hydrogen-bond acceptors (Lipinski definition) is 3. The van der Waals surface area contributed by atoms with E-state index in [9.17, 15) is 9.59 Å². The average molecular weight is 256 g/mol. The van der Waals surface area contributed by atoms with E-state index in [0.29, 0.717) is 0 Å². The van der Waals surface area contributed by atoms with Crippen LogP contribution in [-0.4, -0.2) is 29.7 Å². The molecular formula is C13H24N2O3. The van der Waals surface area contributed by atoms with E-state index in [1.54, 1.807) is 27.7 Å². The summed E-state index contributed by atoms with van der Waals surface area (Å²) >= 11 is 0. The van der Waals surface area contributed by atoms with Crippen molar-refractivity contribution in [3.63, 3.8) is 0 Å². The van der Waals surface area contributed by atoms with Crippen molar-refractivity contribution in [3.8, 4) is 0 Å². The Labute approximate surface area is 109 Å². The van der Waals surface area contributed by atoms with Crippen LogP contribution in [0, 0.1) is 0 Å². The Kier molecular flexibility index (Phi) is 4.99. The third-order valence-electron chi connectivity index (χ3n) is 2.80. The molecule has 5 heteroatoms. The van der Waals surface area contributed by atoms with E-state index in [2.05, 4.69) is 10.6 Å². The SMILES string of the molecule is C[C@@H](NC(=O)NC1CCCC1)C(=O)OC(C)(C)C. The molecule has 0 saturated heterocycles. The van der Waals surface area contributed by atoms with Gasteiger partial charge in [0.25, 0.3) is 0 Å². The standard InChI is InChI=1S/C13H24N2O3/c1-9(11(16)18-13(2,3)4)14-12(17)15-10-7-5-6-8-10/h9-10H,5-8H2,1-4H3,(H2,14,15,17)/t9-/m1/s1. The molecule has 1 aliphatic rings. The van der Waals surface area contributed by atoms with Crippen LogP contribution in [0.2, 0.25) is 0 Å². The first kappa shape index (κ1) is 14.8. The van der Waals surface area contributed by atoms with Gasteiger partial charge in [0, 0.05) is 6.04 Å². The normalized spacial score (nSPS) is 18.2. The molecule has 0 spiro atoms. The van der Waals surface area contributed by atoms with Crippen LogP contribution in [0.5, 0.6) is 0 Å². The second kappa shape index (κ2) is 6.07. The van der Waals surface area contributed by atoms with Crippen LogP contribution in [0.4, 0.5) is 4.79 Å². The fourth-order valence-electron chi connectivity index (χ4n) is 1.94. The van der Waals surface area contributed by atoms with E-state index in [1.807, 2.05) is 0 Å². The van der Waals surface area contributed by atoms with Crippen LogP contribution < -0.4 is 10.6 Å². The molecule has 0 aromatic rings. The summed E-state index contributed by atoms with van der Waals surface area (Å²) in [4.78, 5) is 23.3. The topological polar surface area (TPSA) is 67.4 Å². The molecule has 1 saturated carbocycles. The Hall–Kier alpha value is -1.26.